The number of benzene rings is 4. The van der Waals surface area contributed by atoms with E-state index in [4.69, 9.17) is 0 Å². The number of hydrogen-bond acceptors (Lipinski definition) is 9. The summed E-state index contributed by atoms with van der Waals surface area (Å²) >= 11 is 0. The van der Waals surface area contributed by atoms with E-state index in [0.717, 1.165) is 36.4 Å². The Kier molecular flexibility index (Phi) is 12.4. The van der Waals surface area contributed by atoms with Crippen LogP contribution in [0.1, 0.15) is 79.0 Å². The van der Waals surface area contributed by atoms with E-state index in [1.807, 2.05) is 0 Å². The highest BCUT2D eigenvalue weighted by atomic mass is 32.2. The predicted molar refractivity (Wildman–Crippen MR) is 206 cm³/mol. The fourth-order valence-electron chi connectivity index (χ4n) is 5.47. The first-order chi connectivity index (χ1) is 26.7. The molecule has 4 rings (SSSR count). The Balaban J connectivity index is 2.29. The van der Waals surface area contributed by atoms with Crippen molar-refractivity contribution in [3.05, 3.63) is 89.5 Å². The molecule has 4 aromatic rings. The largest absolute Gasteiger partial charge is 0.534 e. The summed E-state index contributed by atoms with van der Waals surface area (Å²) in [5.74, 6) is -2.78. The summed E-state index contributed by atoms with van der Waals surface area (Å²) in [6.07, 6.45) is 0. The van der Waals surface area contributed by atoms with Crippen LogP contribution in [0.5, 0.6) is 17.2 Å². The number of halogens is 9. The maximum absolute atomic E-state index is 13.7. The van der Waals surface area contributed by atoms with Crippen LogP contribution in [0.4, 0.5) is 39.5 Å². The molecule has 0 heterocycles. The van der Waals surface area contributed by atoms with Crippen LogP contribution in [0.25, 0.3) is 33.4 Å². The van der Waals surface area contributed by atoms with E-state index in [9.17, 15) is 64.8 Å². The summed E-state index contributed by atoms with van der Waals surface area (Å²) in [5, 5.41) is 0. The summed E-state index contributed by atoms with van der Waals surface area (Å²) in [4.78, 5) is 0. The monoisotopic (exact) mass is 918 g/mol. The lowest BCUT2D eigenvalue weighted by Crippen LogP contribution is -2.28. The summed E-state index contributed by atoms with van der Waals surface area (Å²) in [6.45, 7) is 15.2. The van der Waals surface area contributed by atoms with Gasteiger partial charge < -0.3 is 12.5 Å². The molecule has 4 aromatic carbocycles. The van der Waals surface area contributed by atoms with Gasteiger partial charge in [0.1, 0.15) is 0 Å². The van der Waals surface area contributed by atoms with E-state index >= 15 is 0 Å². The van der Waals surface area contributed by atoms with Crippen molar-refractivity contribution < 1.29 is 77.3 Å². The van der Waals surface area contributed by atoms with Gasteiger partial charge in [0.15, 0.2) is 17.2 Å². The first-order valence-electron chi connectivity index (χ1n) is 17.4. The topological polar surface area (TPSA) is 130 Å². The van der Waals surface area contributed by atoms with Gasteiger partial charge in [-0.25, -0.2) is 0 Å². The standard InChI is InChI=1S/C39H39F9O9S3/c1-34(2,3)25-10-13-31(55-58(49,50)37(40,41)42)28(19-25)22-16-23(29-20-26(35(4,5)6)11-14-32(29)56-59(51,52)38(43,44)45)18-24(17-22)30-21-27(36(7,8)9)12-15-33(30)57-60(53,54)39(46,47)48/h10-21H,1-9H3. The van der Waals surface area contributed by atoms with Gasteiger partial charge >= 0.3 is 46.9 Å². The molecule has 0 unspecified atom stereocenters. The predicted octanol–water partition coefficient (Wildman–Crippen LogP) is 11.3. The summed E-state index contributed by atoms with van der Waals surface area (Å²) in [7, 11) is -19.1. The van der Waals surface area contributed by atoms with E-state index in [0.29, 0.717) is 16.7 Å². The highest BCUT2D eigenvalue weighted by molar-refractivity contribution is 7.88. The average molecular weight is 919 g/mol. The number of rotatable bonds is 9. The van der Waals surface area contributed by atoms with Crippen LogP contribution in [0, 0.1) is 0 Å². The molecule has 0 N–H and O–H groups in total. The normalized spacial score (nSPS) is 13.9. The third kappa shape index (κ3) is 10.5. The van der Waals surface area contributed by atoms with E-state index in [1.54, 1.807) is 62.3 Å². The van der Waals surface area contributed by atoms with Crippen molar-refractivity contribution in [2.45, 2.75) is 95.1 Å². The summed E-state index contributed by atoms with van der Waals surface area (Å²) in [6, 6.07) is 13.5. The molecule has 9 nitrogen and oxygen atoms in total. The van der Waals surface area contributed by atoms with Gasteiger partial charge in [-0.05, 0) is 104 Å². The second-order valence-electron chi connectivity index (χ2n) is 16.6. The average Bonchev–Trinajstić information content (AvgIpc) is 3.05. The molecule has 0 spiro atoms. The van der Waals surface area contributed by atoms with Gasteiger partial charge in [-0.15, -0.1) is 0 Å². The molecular formula is C39H39F9O9S3. The Morgan fingerprint density at radius 1 is 0.350 bits per heavy atom. The Morgan fingerprint density at radius 2 is 0.550 bits per heavy atom. The first kappa shape index (κ1) is 48.2. The van der Waals surface area contributed by atoms with Crippen LogP contribution in [0.3, 0.4) is 0 Å². The van der Waals surface area contributed by atoms with Crippen molar-refractivity contribution in [1.82, 2.24) is 0 Å². The third-order valence-corrected chi connectivity index (χ3v) is 11.7. The quantitative estimate of drug-likeness (QED) is 0.0915. The van der Waals surface area contributed by atoms with Gasteiger partial charge in [-0.1, -0.05) is 80.5 Å². The molecule has 0 aliphatic heterocycles. The lowest BCUT2D eigenvalue weighted by molar-refractivity contribution is -0.0504. The van der Waals surface area contributed by atoms with Crippen LogP contribution < -0.4 is 12.5 Å². The molecule has 21 heteroatoms. The van der Waals surface area contributed by atoms with Crippen molar-refractivity contribution in [2.24, 2.45) is 0 Å². The lowest BCUT2D eigenvalue weighted by atomic mass is 9.82. The number of alkyl halides is 9. The molecule has 0 aliphatic carbocycles. The Labute approximate surface area is 341 Å². The minimum Gasteiger partial charge on any atom is -0.375 e. The van der Waals surface area contributed by atoms with Gasteiger partial charge in [-0.3, -0.25) is 0 Å². The molecule has 60 heavy (non-hydrogen) atoms. The molecule has 0 radical (unpaired) electrons. The van der Waals surface area contributed by atoms with Gasteiger partial charge in [0.25, 0.3) is 0 Å². The minimum absolute atomic E-state index is 0.294. The second-order valence-corrected chi connectivity index (χ2v) is 21.2. The van der Waals surface area contributed by atoms with Crippen molar-refractivity contribution >= 4 is 30.4 Å². The van der Waals surface area contributed by atoms with Crippen LogP contribution in [0.15, 0.2) is 72.8 Å². The van der Waals surface area contributed by atoms with E-state index in [-0.39, 0.29) is 16.7 Å². The van der Waals surface area contributed by atoms with Crippen LogP contribution in [0.2, 0.25) is 0 Å². The van der Waals surface area contributed by atoms with Crippen molar-refractivity contribution in [3.8, 4) is 50.6 Å². The Bertz CT molecular complexity index is 2330. The first-order valence-corrected chi connectivity index (χ1v) is 21.6. The van der Waals surface area contributed by atoms with E-state index in [1.165, 1.54) is 36.4 Å². The Morgan fingerprint density at radius 3 is 0.717 bits per heavy atom. The lowest BCUT2D eigenvalue weighted by Gasteiger charge is -2.24. The molecular weight excluding hydrogens is 880 g/mol. The molecule has 0 aliphatic rings. The summed E-state index contributed by atoms with van der Waals surface area (Å²) < 4.78 is 211. The van der Waals surface area contributed by atoms with Crippen molar-refractivity contribution in [2.75, 3.05) is 0 Å². The maximum atomic E-state index is 13.7. The van der Waals surface area contributed by atoms with E-state index < -0.39 is 97.1 Å². The molecule has 0 saturated carbocycles. The smallest absolute Gasteiger partial charge is 0.375 e. The molecule has 0 saturated heterocycles. The SMILES string of the molecule is CC(C)(C)c1ccc(OS(=O)(=O)C(F)(F)F)c(-c2cc(-c3cc(C(C)(C)C)ccc3OS(=O)(=O)C(F)(F)F)cc(-c3cc(C(C)(C)C)ccc3OS(=O)(=O)C(F)(F)F)c2)c1. The van der Waals surface area contributed by atoms with Gasteiger partial charge in [-0.2, -0.15) is 64.8 Å². The zero-order chi connectivity index (χ0) is 46.0. The van der Waals surface area contributed by atoms with Gasteiger partial charge in [0.05, 0.1) is 0 Å². The molecule has 0 atom stereocenters. The highest BCUT2D eigenvalue weighted by Crippen LogP contribution is 2.46. The minimum atomic E-state index is -6.37. The molecule has 0 bridgehead atoms. The third-order valence-electron chi connectivity index (χ3n) is 8.85. The molecule has 0 amide bonds. The van der Waals surface area contributed by atoms with Gasteiger partial charge in [0.2, 0.25) is 0 Å². The molecule has 0 aromatic heterocycles. The fraction of sp³-hybridized carbons (Fsp3) is 0.385. The molecule has 330 valence electrons. The van der Waals surface area contributed by atoms with Crippen molar-refractivity contribution in [1.29, 1.82) is 0 Å². The van der Waals surface area contributed by atoms with E-state index in [2.05, 4.69) is 12.5 Å². The zero-order valence-electron chi connectivity index (χ0n) is 33.2. The van der Waals surface area contributed by atoms with Crippen molar-refractivity contribution in [3.63, 3.8) is 0 Å². The highest BCUT2D eigenvalue weighted by Gasteiger charge is 2.51. The molecule has 0 fully saturated rings. The van der Waals surface area contributed by atoms with Crippen LogP contribution in [-0.2, 0) is 46.6 Å². The summed E-state index contributed by atoms with van der Waals surface area (Å²) in [5.41, 5.74) is -21.2. The Hall–Kier alpha value is -4.50. The number of hydrogen-bond donors (Lipinski definition) is 0. The fourth-order valence-corrected chi connectivity index (χ4v) is 6.90. The van der Waals surface area contributed by atoms with Gasteiger partial charge in [0, 0.05) is 16.7 Å². The second kappa shape index (κ2) is 15.4. The van der Waals surface area contributed by atoms with Crippen LogP contribution >= 0.6 is 0 Å². The maximum Gasteiger partial charge on any atom is 0.534 e. The zero-order valence-corrected chi connectivity index (χ0v) is 35.7. The van der Waals surface area contributed by atoms with Crippen LogP contribution in [-0.4, -0.2) is 41.8 Å².